The molecule has 24 heavy (non-hydrogen) atoms. The van der Waals surface area contributed by atoms with Gasteiger partial charge < -0.3 is 15.8 Å². The van der Waals surface area contributed by atoms with Crippen LogP contribution in [0.5, 0.6) is 0 Å². The second kappa shape index (κ2) is 6.48. The highest BCUT2D eigenvalue weighted by atomic mass is 16.5. The molecule has 0 saturated heterocycles. The Morgan fingerprint density at radius 2 is 2.12 bits per heavy atom. The lowest BCUT2D eigenvalue weighted by atomic mass is 9.54. The summed E-state index contributed by atoms with van der Waals surface area (Å²) >= 11 is 0. The van der Waals surface area contributed by atoms with Gasteiger partial charge in [0, 0.05) is 37.2 Å². The SMILES string of the molecule is CCOC1CC(N)(C(=O)NC(C)Cc2c(C)nn(C)c2C)C1(C)C. The minimum Gasteiger partial charge on any atom is -0.378 e. The Kier molecular flexibility index (Phi) is 5.11. The number of carbonyl (C=O) groups is 1. The number of hydrogen-bond acceptors (Lipinski definition) is 4. The van der Waals surface area contributed by atoms with Crippen molar-refractivity contribution in [3.63, 3.8) is 0 Å². The van der Waals surface area contributed by atoms with E-state index >= 15 is 0 Å². The van der Waals surface area contributed by atoms with Crippen LogP contribution in [0.2, 0.25) is 0 Å². The van der Waals surface area contributed by atoms with Crippen LogP contribution in [-0.4, -0.2) is 40.0 Å². The normalized spacial score (nSPS) is 26.8. The molecule has 1 heterocycles. The summed E-state index contributed by atoms with van der Waals surface area (Å²) in [6.07, 6.45) is 1.36. The molecule has 1 amide bonds. The van der Waals surface area contributed by atoms with E-state index in [4.69, 9.17) is 10.5 Å². The third-order valence-corrected chi connectivity index (χ3v) is 5.78. The van der Waals surface area contributed by atoms with Crippen LogP contribution in [0.4, 0.5) is 0 Å². The number of aryl methyl sites for hydroxylation is 2. The second-order valence-corrected chi connectivity index (χ2v) is 7.69. The molecule has 1 aromatic heterocycles. The molecule has 1 aliphatic rings. The predicted octanol–water partition coefficient (Wildman–Crippen LogP) is 1.62. The van der Waals surface area contributed by atoms with E-state index in [0.717, 1.165) is 17.8 Å². The van der Waals surface area contributed by atoms with Crippen molar-refractivity contribution in [2.45, 2.75) is 72.1 Å². The quantitative estimate of drug-likeness (QED) is 0.827. The lowest BCUT2D eigenvalue weighted by Crippen LogP contribution is -2.76. The first-order valence-corrected chi connectivity index (χ1v) is 8.75. The van der Waals surface area contributed by atoms with Crippen LogP contribution in [0.25, 0.3) is 0 Å². The molecule has 0 bridgehead atoms. The van der Waals surface area contributed by atoms with Gasteiger partial charge in [0.2, 0.25) is 5.91 Å². The van der Waals surface area contributed by atoms with Gasteiger partial charge >= 0.3 is 0 Å². The first-order valence-electron chi connectivity index (χ1n) is 8.75. The van der Waals surface area contributed by atoms with E-state index in [0.29, 0.717) is 13.0 Å². The van der Waals surface area contributed by atoms with E-state index in [-0.39, 0.29) is 23.5 Å². The van der Waals surface area contributed by atoms with Gasteiger partial charge in [0.1, 0.15) is 5.54 Å². The molecular weight excluding hydrogens is 304 g/mol. The van der Waals surface area contributed by atoms with E-state index in [1.807, 2.05) is 46.3 Å². The number of nitrogens with one attached hydrogen (secondary N) is 1. The van der Waals surface area contributed by atoms with Crippen LogP contribution in [0.3, 0.4) is 0 Å². The number of amides is 1. The van der Waals surface area contributed by atoms with Crippen LogP contribution < -0.4 is 11.1 Å². The monoisotopic (exact) mass is 336 g/mol. The largest absolute Gasteiger partial charge is 0.378 e. The number of carbonyl (C=O) groups excluding carboxylic acids is 1. The van der Waals surface area contributed by atoms with Crippen molar-refractivity contribution in [3.8, 4) is 0 Å². The van der Waals surface area contributed by atoms with Crippen molar-refractivity contribution in [2.75, 3.05) is 6.61 Å². The van der Waals surface area contributed by atoms with E-state index in [9.17, 15) is 4.79 Å². The third kappa shape index (κ3) is 2.97. The number of nitrogens with two attached hydrogens (primary N) is 1. The van der Waals surface area contributed by atoms with Gasteiger partial charge in [-0.2, -0.15) is 5.10 Å². The van der Waals surface area contributed by atoms with Crippen molar-refractivity contribution in [2.24, 2.45) is 18.2 Å². The van der Waals surface area contributed by atoms with Gasteiger partial charge in [-0.3, -0.25) is 9.48 Å². The molecule has 136 valence electrons. The first kappa shape index (κ1) is 18.9. The zero-order chi connectivity index (χ0) is 18.3. The summed E-state index contributed by atoms with van der Waals surface area (Å²) in [6, 6.07) is 0.00136. The minimum absolute atomic E-state index is 0.00136. The van der Waals surface area contributed by atoms with Crippen molar-refractivity contribution < 1.29 is 9.53 Å². The molecule has 0 aliphatic heterocycles. The summed E-state index contributed by atoms with van der Waals surface area (Å²) in [4.78, 5) is 12.8. The van der Waals surface area contributed by atoms with E-state index in [1.165, 1.54) is 5.56 Å². The Morgan fingerprint density at radius 1 is 1.50 bits per heavy atom. The summed E-state index contributed by atoms with van der Waals surface area (Å²) in [7, 11) is 1.94. The number of ether oxygens (including phenoxy) is 1. The topological polar surface area (TPSA) is 82.2 Å². The Balaban J connectivity index is 2.02. The molecule has 2 rings (SSSR count). The van der Waals surface area contributed by atoms with Gasteiger partial charge in [-0.1, -0.05) is 13.8 Å². The maximum atomic E-state index is 12.8. The van der Waals surface area contributed by atoms with Crippen LogP contribution in [0.15, 0.2) is 0 Å². The number of hydrogen-bond donors (Lipinski definition) is 2. The Labute approximate surface area is 145 Å². The van der Waals surface area contributed by atoms with Crippen LogP contribution in [0.1, 0.15) is 51.1 Å². The summed E-state index contributed by atoms with van der Waals surface area (Å²) in [5, 5.41) is 7.53. The molecule has 6 nitrogen and oxygen atoms in total. The smallest absolute Gasteiger partial charge is 0.241 e. The Morgan fingerprint density at radius 3 is 2.58 bits per heavy atom. The molecule has 6 heteroatoms. The van der Waals surface area contributed by atoms with Gasteiger partial charge in [-0.05, 0) is 39.7 Å². The van der Waals surface area contributed by atoms with Crippen LogP contribution in [-0.2, 0) is 23.0 Å². The van der Waals surface area contributed by atoms with Gasteiger partial charge in [-0.25, -0.2) is 0 Å². The molecule has 1 aromatic rings. The second-order valence-electron chi connectivity index (χ2n) is 7.69. The number of rotatable bonds is 6. The summed E-state index contributed by atoms with van der Waals surface area (Å²) in [5.74, 6) is -0.0878. The molecule has 3 N–H and O–H groups in total. The molecule has 3 atom stereocenters. The van der Waals surface area contributed by atoms with Gasteiger partial charge in [0.05, 0.1) is 11.8 Å². The highest BCUT2D eigenvalue weighted by Crippen LogP contribution is 2.49. The molecule has 3 unspecified atom stereocenters. The average molecular weight is 336 g/mol. The lowest BCUT2D eigenvalue weighted by molar-refractivity contribution is -0.171. The predicted molar refractivity (Wildman–Crippen MR) is 94.7 cm³/mol. The van der Waals surface area contributed by atoms with E-state index in [1.54, 1.807) is 0 Å². The highest BCUT2D eigenvalue weighted by molar-refractivity contribution is 5.89. The fraction of sp³-hybridized carbons (Fsp3) is 0.778. The van der Waals surface area contributed by atoms with Crippen molar-refractivity contribution in [1.29, 1.82) is 0 Å². The maximum absolute atomic E-state index is 12.8. The molecular formula is C18H32N4O2. The number of nitrogens with zero attached hydrogens (tertiary/aromatic N) is 2. The number of aromatic nitrogens is 2. The highest BCUT2D eigenvalue weighted by Gasteiger charge is 2.62. The standard InChI is InChI=1S/C18H32N4O2/c1-8-24-15-10-18(19,17(15,5)6)16(23)20-11(2)9-14-12(3)21-22(7)13(14)4/h11,15H,8-10,19H2,1-7H3,(H,20,23). The molecule has 1 aliphatic carbocycles. The fourth-order valence-corrected chi connectivity index (χ4v) is 3.64. The van der Waals surface area contributed by atoms with E-state index in [2.05, 4.69) is 17.3 Å². The summed E-state index contributed by atoms with van der Waals surface area (Å²) < 4.78 is 7.58. The Hall–Kier alpha value is -1.40. The third-order valence-electron chi connectivity index (χ3n) is 5.78. The average Bonchev–Trinajstić information content (AvgIpc) is 2.73. The van der Waals surface area contributed by atoms with Gasteiger partial charge in [0.15, 0.2) is 0 Å². The Bertz CT molecular complexity index is 623. The van der Waals surface area contributed by atoms with Crippen molar-refractivity contribution in [1.82, 2.24) is 15.1 Å². The minimum atomic E-state index is -0.875. The molecule has 0 aromatic carbocycles. The summed E-state index contributed by atoms with van der Waals surface area (Å²) in [6.45, 7) is 12.7. The van der Waals surface area contributed by atoms with Crippen LogP contribution in [0, 0.1) is 19.3 Å². The lowest BCUT2D eigenvalue weighted by Gasteiger charge is -2.57. The molecule has 1 saturated carbocycles. The van der Waals surface area contributed by atoms with Gasteiger partial charge in [0.25, 0.3) is 0 Å². The first-order chi connectivity index (χ1) is 11.0. The zero-order valence-electron chi connectivity index (χ0n) is 16.1. The fourth-order valence-electron chi connectivity index (χ4n) is 3.64. The van der Waals surface area contributed by atoms with Crippen molar-refractivity contribution >= 4 is 5.91 Å². The molecule has 1 fully saturated rings. The zero-order valence-corrected chi connectivity index (χ0v) is 16.1. The van der Waals surface area contributed by atoms with Crippen LogP contribution >= 0.6 is 0 Å². The van der Waals surface area contributed by atoms with Crippen molar-refractivity contribution in [3.05, 3.63) is 17.0 Å². The maximum Gasteiger partial charge on any atom is 0.241 e. The summed E-state index contributed by atoms with van der Waals surface area (Å²) in [5.41, 5.74) is 8.54. The molecule has 0 spiro atoms. The molecule has 0 radical (unpaired) electrons. The van der Waals surface area contributed by atoms with Gasteiger partial charge in [-0.15, -0.1) is 0 Å². The van der Waals surface area contributed by atoms with E-state index < -0.39 is 5.54 Å².